The fraction of sp³-hybridized carbons (Fsp3) is 0.286. The Balaban J connectivity index is 3.33. The highest BCUT2D eigenvalue weighted by atomic mass is 19.3. The molecule has 1 N–H and O–H groups in total. The average Bonchev–Trinajstić information content (AvgIpc) is 1.96. The molecule has 1 rings (SSSR count). The van der Waals surface area contributed by atoms with E-state index in [1.54, 1.807) is 4.98 Å². The molecule has 0 aliphatic heterocycles. The van der Waals surface area contributed by atoms with Gasteiger partial charge in [-0.3, -0.25) is 9.78 Å². The summed E-state index contributed by atoms with van der Waals surface area (Å²) in [5, 5.41) is 0. The number of aromatic nitrogens is 1. The van der Waals surface area contributed by atoms with E-state index in [-0.39, 0.29) is 5.56 Å². The lowest BCUT2D eigenvalue weighted by molar-refractivity contribution is 0.149. The van der Waals surface area contributed by atoms with E-state index in [1.165, 1.54) is 6.92 Å². The second-order valence-electron chi connectivity index (χ2n) is 2.35. The molecule has 0 fully saturated rings. The minimum atomic E-state index is -2.87. The van der Waals surface area contributed by atoms with E-state index in [9.17, 15) is 18.0 Å². The second kappa shape index (κ2) is 3.00. The summed E-state index contributed by atoms with van der Waals surface area (Å²) in [4.78, 5) is 12.3. The van der Waals surface area contributed by atoms with E-state index in [2.05, 4.69) is 0 Å². The van der Waals surface area contributed by atoms with Gasteiger partial charge in [0, 0.05) is 5.56 Å². The minimum absolute atomic E-state index is 0.00454. The first kappa shape index (κ1) is 8.83. The van der Waals surface area contributed by atoms with Gasteiger partial charge in [0.1, 0.15) is 0 Å². The SMILES string of the molecule is Cc1cc(C(F)F)c(=O)[nH]c1F. The molecule has 0 saturated carbocycles. The molecule has 5 heteroatoms. The van der Waals surface area contributed by atoms with Crippen molar-refractivity contribution in [2.45, 2.75) is 13.3 Å². The van der Waals surface area contributed by atoms with Gasteiger partial charge in [0.05, 0.1) is 5.56 Å². The lowest BCUT2D eigenvalue weighted by Crippen LogP contribution is -2.15. The molecule has 66 valence electrons. The highest BCUT2D eigenvalue weighted by Crippen LogP contribution is 2.15. The molecule has 0 aromatic carbocycles. The lowest BCUT2D eigenvalue weighted by atomic mass is 10.2. The zero-order valence-corrected chi connectivity index (χ0v) is 6.20. The average molecular weight is 177 g/mol. The van der Waals surface area contributed by atoms with Gasteiger partial charge >= 0.3 is 0 Å². The number of aromatic amines is 1. The predicted octanol–water partition coefficient (Wildman–Crippen LogP) is 1.76. The van der Waals surface area contributed by atoms with Crippen LogP contribution in [0.25, 0.3) is 0 Å². The fourth-order valence-electron chi connectivity index (χ4n) is 0.795. The summed E-state index contributed by atoms with van der Waals surface area (Å²) >= 11 is 0. The third-order valence-electron chi connectivity index (χ3n) is 1.44. The third-order valence-corrected chi connectivity index (χ3v) is 1.44. The van der Waals surface area contributed by atoms with Crippen molar-refractivity contribution in [2.24, 2.45) is 0 Å². The van der Waals surface area contributed by atoms with Crippen LogP contribution in [0.4, 0.5) is 13.2 Å². The van der Waals surface area contributed by atoms with Crippen LogP contribution in [-0.4, -0.2) is 4.98 Å². The fourth-order valence-corrected chi connectivity index (χ4v) is 0.795. The van der Waals surface area contributed by atoms with E-state index in [4.69, 9.17) is 0 Å². The first-order valence-corrected chi connectivity index (χ1v) is 3.20. The number of nitrogens with one attached hydrogen (secondary N) is 1. The summed E-state index contributed by atoms with van der Waals surface area (Å²) < 4.78 is 36.5. The van der Waals surface area contributed by atoms with Crippen molar-refractivity contribution >= 4 is 0 Å². The quantitative estimate of drug-likeness (QED) is 0.651. The maximum Gasteiger partial charge on any atom is 0.269 e. The summed E-state index contributed by atoms with van der Waals surface area (Å²) in [7, 11) is 0. The Morgan fingerprint density at radius 1 is 1.50 bits per heavy atom. The van der Waals surface area contributed by atoms with Crippen LogP contribution in [0.1, 0.15) is 17.6 Å². The molecule has 1 heterocycles. The second-order valence-corrected chi connectivity index (χ2v) is 2.35. The number of alkyl halides is 2. The topological polar surface area (TPSA) is 32.9 Å². The number of halogens is 3. The molecule has 0 amide bonds. The summed E-state index contributed by atoms with van der Waals surface area (Å²) in [6.45, 7) is 1.30. The first-order valence-electron chi connectivity index (χ1n) is 3.20. The zero-order valence-electron chi connectivity index (χ0n) is 6.20. The van der Waals surface area contributed by atoms with E-state index in [0.717, 1.165) is 6.07 Å². The summed E-state index contributed by atoms with van der Waals surface area (Å²) in [5.41, 5.74) is -1.77. The smallest absolute Gasteiger partial charge is 0.269 e. The molecule has 2 nitrogen and oxygen atoms in total. The van der Waals surface area contributed by atoms with E-state index < -0.39 is 23.5 Å². The first-order chi connectivity index (χ1) is 5.52. The molecule has 0 bridgehead atoms. The molecule has 0 aliphatic carbocycles. The van der Waals surface area contributed by atoms with Crippen LogP contribution in [0.15, 0.2) is 10.9 Å². The molecule has 1 aromatic rings. The largest absolute Gasteiger partial charge is 0.298 e. The highest BCUT2D eigenvalue weighted by Gasteiger charge is 2.13. The zero-order chi connectivity index (χ0) is 9.30. The monoisotopic (exact) mass is 177 g/mol. The Morgan fingerprint density at radius 3 is 2.58 bits per heavy atom. The van der Waals surface area contributed by atoms with E-state index >= 15 is 0 Å². The summed E-state index contributed by atoms with van der Waals surface area (Å²) in [6, 6.07) is 0.846. The van der Waals surface area contributed by atoms with Crippen molar-refractivity contribution in [3.63, 3.8) is 0 Å². The number of pyridine rings is 1. The number of aryl methyl sites for hydroxylation is 1. The molecule has 1 aromatic heterocycles. The van der Waals surface area contributed by atoms with E-state index in [1.807, 2.05) is 0 Å². The normalized spacial score (nSPS) is 10.8. The molecule has 0 unspecified atom stereocenters. The van der Waals surface area contributed by atoms with Crippen molar-refractivity contribution in [3.05, 3.63) is 33.5 Å². The van der Waals surface area contributed by atoms with Crippen LogP contribution in [0.3, 0.4) is 0 Å². The molecule has 0 saturated heterocycles. The van der Waals surface area contributed by atoms with Gasteiger partial charge < -0.3 is 0 Å². The van der Waals surface area contributed by atoms with Gasteiger partial charge in [-0.2, -0.15) is 4.39 Å². The van der Waals surface area contributed by atoms with Crippen LogP contribution in [0.5, 0.6) is 0 Å². The van der Waals surface area contributed by atoms with Crippen molar-refractivity contribution in [3.8, 4) is 0 Å². The number of hydrogen-bond acceptors (Lipinski definition) is 1. The highest BCUT2D eigenvalue weighted by molar-refractivity contribution is 5.18. The van der Waals surface area contributed by atoms with Crippen molar-refractivity contribution in [2.75, 3.05) is 0 Å². The lowest BCUT2D eigenvalue weighted by Gasteiger charge is -2.00. The molecular formula is C7H6F3NO. The van der Waals surface area contributed by atoms with Crippen LogP contribution < -0.4 is 5.56 Å². The Morgan fingerprint density at radius 2 is 2.08 bits per heavy atom. The van der Waals surface area contributed by atoms with E-state index in [0.29, 0.717) is 0 Å². The van der Waals surface area contributed by atoms with Gasteiger partial charge in [-0.15, -0.1) is 0 Å². The van der Waals surface area contributed by atoms with Crippen molar-refractivity contribution < 1.29 is 13.2 Å². The molecule has 0 aliphatic rings. The van der Waals surface area contributed by atoms with Gasteiger partial charge in [-0.1, -0.05) is 0 Å². The number of H-pyrrole nitrogens is 1. The van der Waals surface area contributed by atoms with Crippen LogP contribution >= 0.6 is 0 Å². The minimum Gasteiger partial charge on any atom is -0.298 e. The maximum absolute atomic E-state index is 12.5. The molecule has 0 atom stereocenters. The van der Waals surface area contributed by atoms with Crippen molar-refractivity contribution in [1.29, 1.82) is 0 Å². The van der Waals surface area contributed by atoms with Gasteiger partial charge in [-0.05, 0) is 13.0 Å². The van der Waals surface area contributed by atoms with Gasteiger partial charge in [0.25, 0.3) is 12.0 Å². The molecule has 0 spiro atoms. The Kier molecular flexibility index (Phi) is 2.21. The number of hydrogen-bond donors (Lipinski definition) is 1. The van der Waals surface area contributed by atoms with Crippen LogP contribution in [0.2, 0.25) is 0 Å². The van der Waals surface area contributed by atoms with Crippen molar-refractivity contribution in [1.82, 2.24) is 4.98 Å². The van der Waals surface area contributed by atoms with Gasteiger partial charge in [0.15, 0.2) is 5.95 Å². The molecule has 0 radical (unpaired) electrons. The molecule has 12 heavy (non-hydrogen) atoms. The van der Waals surface area contributed by atoms with Gasteiger partial charge in [-0.25, -0.2) is 8.78 Å². The third kappa shape index (κ3) is 1.49. The van der Waals surface area contributed by atoms with Gasteiger partial charge in [0.2, 0.25) is 0 Å². The molecular weight excluding hydrogens is 171 g/mol. The van der Waals surface area contributed by atoms with Crippen LogP contribution in [0, 0.1) is 12.9 Å². The summed E-state index contributed by atoms with van der Waals surface area (Å²) in [5.74, 6) is -0.871. The number of rotatable bonds is 1. The Bertz CT molecular complexity index is 345. The Labute approximate surface area is 66.0 Å². The Hall–Kier alpha value is -1.26. The predicted molar refractivity (Wildman–Crippen MR) is 36.7 cm³/mol. The summed E-state index contributed by atoms with van der Waals surface area (Å²) in [6.07, 6.45) is -2.87. The standard InChI is InChI=1S/C7H6F3NO/c1-3-2-4(5(8)9)7(12)11-6(3)10/h2,5H,1H3,(H,11,12). The van der Waals surface area contributed by atoms with Crippen LogP contribution in [-0.2, 0) is 0 Å². The maximum atomic E-state index is 12.5.